The Kier molecular flexibility index (Phi) is 7.64. The summed E-state index contributed by atoms with van der Waals surface area (Å²) in [6.45, 7) is 8.24. The van der Waals surface area contributed by atoms with Gasteiger partial charge in [0.25, 0.3) is 0 Å². The number of unbranched alkanes of at least 4 members (excludes halogenated alkanes) is 1. The van der Waals surface area contributed by atoms with Gasteiger partial charge in [-0.25, -0.2) is 0 Å². The number of nitrogens with zero attached hydrogens (tertiary/aromatic N) is 1. The van der Waals surface area contributed by atoms with Crippen LogP contribution in [0.25, 0.3) is 0 Å². The van der Waals surface area contributed by atoms with Gasteiger partial charge in [-0.15, -0.1) is 0 Å². The highest BCUT2D eigenvalue weighted by Crippen LogP contribution is 2.49. The Hall–Kier alpha value is -0.960. The first-order chi connectivity index (χ1) is 14.2. The van der Waals surface area contributed by atoms with Gasteiger partial charge in [0, 0.05) is 31.9 Å². The molecule has 0 unspecified atom stereocenters. The van der Waals surface area contributed by atoms with Crippen LogP contribution < -0.4 is 4.74 Å². The minimum absolute atomic E-state index is 0.0426. The summed E-state index contributed by atoms with van der Waals surface area (Å²) < 4.78 is 20.1. The molecule has 0 spiro atoms. The molecule has 30 heavy (non-hydrogen) atoms. The third kappa shape index (κ3) is 4.76. The molecule has 0 aliphatic carbocycles. The number of hydroxylamine groups is 2. The van der Waals surface area contributed by atoms with Gasteiger partial charge in [-0.05, 0) is 57.1 Å². The molecule has 4 nitrogen and oxygen atoms in total. The van der Waals surface area contributed by atoms with Crippen LogP contribution in [0.2, 0.25) is 0 Å². The molecule has 0 aromatic heterocycles. The van der Waals surface area contributed by atoms with E-state index in [9.17, 15) is 9.42 Å². The Morgan fingerprint density at radius 1 is 1.23 bits per heavy atom. The molecule has 166 valence electrons. The third-order valence-electron chi connectivity index (χ3n) is 6.03. The highest BCUT2D eigenvalue weighted by molar-refractivity contribution is 14.2. The number of halogens is 1. The molecule has 0 amide bonds. The second-order valence-electron chi connectivity index (χ2n) is 8.54. The minimum Gasteiger partial charge on any atom is -0.491 e. The summed E-state index contributed by atoms with van der Waals surface area (Å²) in [4.78, 5) is 0.820. The first kappa shape index (κ1) is 23.7. The van der Waals surface area contributed by atoms with Gasteiger partial charge in [0.2, 0.25) is 0 Å². The van der Waals surface area contributed by atoms with Crippen molar-refractivity contribution in [3.8, 4) is 5.75 Å². The summed E-state index contributed by atoms with van der Waals surface area (Å²) in [6, 6.07) is 15.6. The molecule has 1 aliphatic rings. The third-order valence-corrected chi connectivity index (χ3v) is 10.7. The minimum atomic E-state index is -2.78. The predicted molar refractivity (Wildman–Crippen MR) is 133 cm³/mol. The topological polar surface area (TPSA) is 49.8 Å². The van der Waals surface area contributed by atoms with Gasteiger partial charge >= 0.3 is 0 Å². The van der Waals surface area contributed by atoms with Crippen molar-refractivity contribution in [3.05, 3.63) is 59.7 Å². The molecule has 1 N–H and O–H groups in total. The molecule has 0 saturated heterocycles. The maximum absolute atomic E-state index is 14.2. The second-order valence-corrected chi connectivity index (χ2v) is 15.3. The van der Waals surface area contributed by atoms with Gasteiger partial charge in [0.1, 0.15) is 5.75 Å². The van der Waals surface area contributed by atoms with Crippen LogP contribution >= 0.6 is 21.2 Å². The number of hydrogen-bond acceptors (Lipinski definition) is 4. The monoisotopic (exact) mass is 543 g/mol. The Morgan fingerprint density at radius 3 is 2.53 bits per heavy atom. The average molecular weight is 544 g/mol. The van der Waals surface area contributed by atoms with E-state index in [-0.39, 0.29) is 12.1 Å². The summed E-state index contributed by atoms with van der Waals surface area (Å²) in [5.74, 6) is 1.18. The molecule has 0 saturated carbocycles. The largest absolute Gasteiger partial charge is 0.491 e. The molecule has 2 aromatic rings. The van der Waals surface area contributed by atoms with E-state index in [0.29, 0.717) is 5.75 Å². The molecular formula is C24H34INO3S. The van der Waals surface area contributed by atoms with Crippen LogP contribution in [-0.4, -0.2) is 31.9 Å². The molecule has 0 bridgehead atoms. The van der Waals surface area contributed by atoms with E-state index in [0.717, 1.165) is 47.5 Å². The van der Waals surface area contributed by atoms with Crippen molar-refractivity contribution in [2.24, 2.45) is 0 Å². The lowest BCUT2D eigenvalue weighted by molar-refractivity contribution is -0.193. The van der Waals surface area contributed by atoms with Gasteiger partial charge in [-0.2, -0.15) is 5.06 Å². The lowest BCUT2D eigenvalue weighted by atomic mass is 9.87. The van der Waals surface area contributed by atoms with E-state index >= 15 is 0 Å². The van der Waals surface area contributed by atoms with Gasteiger partial charge in [-0.1, -0.05) is 63.1 Å². The Morgan fingerprint density at radius 2 is 1.93 bits per heavy atom. The molecule has 1 aliphatic heterocycles. The highest BCUT2D eigenvalue weighted by atomic mass is 127. The van der Waals surface area contributed by atoms with Crippen LogP contribution in [0.1, 0.15) is 70.5 Å². The first-order valence-electron chi connectivity index (χ1n) is 10.9. The van der Waals surface area contributed by atoms with Crippen molar-refractivity contribution in [2.75, 3.05) is 5.75 Å². The maximum atomic E-state index is 14.2. The van der Waals surface area contributed by atoms with Crippen molar-refractivity contribution in [3.63, 3.8) is 0 Å². The number of ether oxygens (including phenoxy) is 1. The van der Waals surface area contributed by atoms with Crippen LogP contribution in [0.3, 0.4) is 0 Å². The van der Waals surface area contributed by atoms with E-state index in [1.807, 2.05) is 62.4 Å². The fourth-order valence-electron chi connectivity index (χ4n) is 4.44. The van der Waals surface area contributed by atoms with Crippen LogP contribution in [-0.2, 0) is 7.10 Å². The van der Waals surface area contributed by atoms with Gasteiger partial charge in [0.15, 0.2) is 0 Å². The number of rotatable bonds is 7. The van der Waals surface area contributed by atoms with E-state index in [1.165, 1.54) is 5.06 Å². The van der Waals surface area contributed by atoms with Crippen molar-refractivity contribution >= 4 is 28.3 Å². The molecule has 6 heteroatoms. The van der Waals surface area contributed by atoms with Crippen LogP contribution in [0.4, 0.5) is 0 Å². The smallest absolute Gasteiger partial charge is 0.120 e. The molecule has 0 radical (unpaired) electrons. The summed E-state index contributed by atoms with van der Waals surface area (Å²) in [5.41, 5.74) is 1.38. The number of benzene rings is 2. The van der Waals surface area contributed by atoms with Gasteiger partial charge in [-0.3, -0.25) is 4.21 Å². The SMILES string of the molecule is CCCC[C@]1(CC)C[SH](=O)(I)c2cc(OC(C)C)ccc2[C@@H](c2ccccc2)N1O. The van der Waals surface area contributed by atoms with E-state index in [4.69, 9.17) is 4.74 Å². The van der Waals surface area contributed by atoms with Crippen LogP contribution in [0.15, 0.2) is 53.4 Å². The molecule has 2 atom stereocenters. The Labute approximate surface area is 194 Å². The summed E-state index contributed by atoms with van der Waals surface area (Å²) in [7, 11) is -2.78. The molecule has 1 heterocycles. The predicted octanol–water partition coefficient (Wildman–Crippen LogP) is 6.33. The average Bonchev–Trinajstić information content (AvgIpc) is 2.78. The summed E-state index contributed by atoms with van der Waals surface area (Å²) in [6.07, 6.45) is 3.62. The molecule has 3 rings (SSSR count). The molecule has 0 fully saturated rings. The lowest BCUT2D eigenvalue weighted by Crippen LogP contribution is -2.51. The van der Waals surface area contributed by atoms with Crippen molar-refractivity contribution < 1.29 is 14.2 Å². The zero-order valence-electron chi connectivity index (χ0n) is 18.3. The van der Waals surface area contributed by atoms with Crippen LogP contribution in [0, 0.1) is 0 Å². The Bertz CT molecular complexity index is 905. The lowest BCUT2D eigenvalue weighted by Gasteiger charge is -2.43. The maximum Gasteiger partial charge on any atom is 0.120 e. The fourth-order valence-corrected chi connectivity index (χ4v) is 9.95. The zero-order valence-corrected chi connectivity index (χ0v) is 21.4. The number of hydrogen-bond donors (Lipinski definition) is 2. The second kappa shape index (κ2) is 9.67. The first-order valence-corrected chi connectivity index (χ1v) is 15.5. The van der Waals surface area contributed by atoms with Gasteiger partial charge < -0.3 is 9.94 Å². The summed E-state index contributed by atoms with van der Waals surface area (Å²) >= 11 is 2.16. The fraction of sp³-hybridized carbons (Fsp3) is 0.500. The number of thiol groups is 1. The van der Waals surface area contributed by atoms with Crippen LogP contribution in [0.5, 0.6) is 5.75 Å². The quantitative estimate of drug-likeness (QED) is 0.243. The summed E-state index contributed by atoms with van der Waals surface area (Å²) in [5, 5.41) is 13.2. The van der Waals surface area contributed by atoms with Crippen molar-refractivity contribution in [2.45, 2.75) is 76.0 Å². The molecule has 2 aromatic carbocycles. The number of fused-ring (bicyclic) bond motifs is 1. The normalized spacial score (nSPS) is 24.8. The zero-order chi connectivity index (χ0) is 21.9. The van der Waals surface area contributed by atoms with E-state index in [2.05, 4.69) is 35.1 Å². The highest BCUT2D eigenvalue weighted by Gasteiger charge is 2.47. The standard InChI is InChI=1S/C24H34INO3S/c1-5-7-15-24(6-2)17-30(25,28)22-16-20(29-18(3)4)13-14-21(22)23(26(24)27)19-11-9-8-10-12-19/h8-14,16,18,23,27,30H,5-7,15,17H2,1-4H3/t23-,24-/m1/s1. The van der Waals surface area contributed by atoms with Crippen molar-refractivity contribution in [1.82, 2.24) is 5.06 Å². The van der Waals surface area contributed by atoms with E-state index in [1.54, 1.807) is 0 Å². The van der Waals surface area contributed by atoms with Gasteiger partial charge in [0.05, 0.1) is 17.7 Å². The molecular weight excluding hydrogens is 509 g/mol. The van der Waals surface area contributed by atoms with Crippen molar-refractivity contribution in [1.29, 1.82) is 0 Å². The van der Waals surface area contributed by atoms with E-state index < -0.39 is 12.6 Å². The Balaban J connectivity index is 2.23.